The molecule has 23 heavy (non-hydrogen) atoms. The van der Waals surface area contributed by atoms with E-state index in [9.17, 15) is 4.79 Å². The Labute approximate surface area is 135 Å². The minimum absolute atomic E-state index is 0.224. The third kappa shape index (κ3) is 3.97. The maximum absolute atomic E-state index is 11.3. The van der Waals surface area contributed by atoms with Crippen molar-refractivity contribution in [3.8, 4) is 0 Å². The number of amides is 1. The average Bonchev–Trinajstić information content (AvgIpc) is 3.09. The summed E-state index contributed by atoms with van der Waals surface area (Å²) >= 11 is 0. The fourth-order valence-electron chi connectivity index (χ4n) is 2.80. The van der Waals surface area contributed by atoms with E-state index in [1.807, 2.05) is 30.5 Å². The van der Waals surface area contributed by atoms with E-state index in [1.165, 1.54) is 0 Å². The van der Waals surface area contributed by atoms with Gasteiger partial charge in [-0.3, -0.25) is 9.78 Å². The van der Waals surface area contributed by atoms with Gasteiger partial charge in [0.05, 0.1) is 6.42 Å². The van der Waals surface area contributed by atoms with E-state index in [-0.39, 0.29) is 12.3 Å². The van der Waals surface area contributed by atoms with Gasteiger partial charge in [-0.1, -0.05) is 12.1 Å². The molecule has 3 rings (SSSR count). The summed E-state index contributed by atoms with van der Waals surface area (Å²) in [5.41, 5.74) is 7.35. The lowest BCUT2D eigenvalue weighted by Gasteiger charge is -2.21. The summed E-state index contributed by atoms with van der Waals surface area (Å²) < 4.78 is 0. The van der Waals surface area contributed by atoms with E-state index in [4.69, 9.17) is 10.7 Å². The molecule has 2 aromatic rings. The molecule has 0 bridgehead atoms. The van der Waals surface area contributed by atoms with Crippen LogP contribution in [0.3, 0.4) is 0 Å². The van der Waals surface area contributed by atoms with Crippen molar-refractivity contribution < 1.29 is 4.79 Å². The Balaban J connectivity index is 1.78. The third-order valence-electron chi connectivity index (χ3n) is 3.92. The molecule has 3 N–H and O–H groups in total. The van der Waals surface area contributed by atoms with Gasteiger partial charge in [0, 0.05) is 37.6 Å². The molecule has 1 aliphatic rings. The Morgan fingerprint density at radius 1 is 1.26 bits per heavy atom. The van der Waals surface area contributed by atoms with Gasteiger partial charge in [-0.05, 0) is 30.5 Å². The van der Waals surface area contributed by atoms with Gasteiger partial charge >= 0.3 is 0 Å². The summed E-state index contributed by atoms with van der Waals surface area (Å²) in [6.45, 7) is 2.62. The van der Waals surface area contributed by atoms with E-state index >= 15 is 0 Å². The normalized spacial score (nSPS) is 14.0. The zero-order chi connectivity index (χ0) is 16.1. The number of primary amides is 1. The summed E-state index contributed by atoms with van der Waals surface area (Å²) in [6.07, 6.45) is 6.12. The summed E-state index contributed by atoms with van der Waals surface area (Å²) in [5, 5.41) is 3.31. The van der Waals surface area contributed by atoms with Crippen molar-refractivity contribution in [2.75, 3.05) is 23.3 Å². The molecule has 0 saturated carbocycles. The van der Waals surface area contributed by atoms with Crippen LogP contribution in [0.2, 0.25) is 0 Å². The number of hydrogen-bond acceptors (Lipinski definition) is 5. The summed E-state index contributed by atoms with van der Waals surface area (Å²) in [6, 6.07) is 7.77. The molecule has 0 aliphatic carbocycles. The summed E-state index contributed by atoms with van der Waals surface area (Å²) in [4.78, 5) is 22.3. The number of anilines is 2. The van der Waals surface area contributed by atoms with Crippen molar-refractivity contribution in [1.82, 2.24) is 9.97 Å². The predicted octanol–water partition coefficient (Wildman–Crippen LogP) is 1.72. The Morgan fingerprint density at radius 2 is 2.09 bits per heavy atom. The lowest BCUT2D eigenvalue weighted by molar-refractivity contribution is -0.117. The molecule has 3 heterocycles. The monoisotopic (exact) mass is 311 g/mol. The van der Waals surface area contributed by atoms with Crippen LogP contribution in [0.15, 0.2) is 36.7 Å². The number of carbonyl (C=O) groups is 1. The molecule has 6 heteroatoms. The van der Waals surface area contributed by atoms with E-state index in [1.54, 1.807) is 6.20 Å². The second-order valence-electron chi connectivity index (χ2n) is 5.73. The van der Waals surface area contributed by atoms with Crippen molar-refractivity contribution in [3.05, 3.63) is 47.8 Å². The van der Waals surface area contributed by atoms with E-state index < -0.39 is 0 Å². The Bertz CT molecular complexity index is 668. The van der Waals surface area contributed by atoms with Gasteiger partial charge in [0.1, 0.15) is 11.6 Å². The first-order chi connectivity index (χ1) is 11.2. The molecule has 0 aromatic carbocycles. The van der Waals surface area contributed by atoms with Crippen molar-refractivity contribution in [1.29, 1.82) is 0 Å². The molecular formula is C17H21N5O. The van der Waals surface area contributed by atoms with E-state index in [0.717, 1.165) is 48.7 Å². The molecule has 120 valence electrons. The molecule has 0 spiro atoms. The Hall–Kier alpha value is -2.63. The Kier molecular flexibility index (Phi) is 4.71. The molecule has 1 fully saturated rings. The minimum Gasteiger partial charge on any atom is -0.369 e. The molecule has 2 aromatic heterocycles. The fraction of sp³-hybridized carbons (Fsp3) is 0.353. The van der Waals surface area contributed by atoms with Crippen LogP contribution < -0.4 is 16.0 Å². The number of hydrogen-bond donors (Lipinski definition) is 2. The van der Waals surface area contributed by atoms with Crippen LogP contribution >= 0.6 is 0 Å². The van der Waals surface area contributed by atoms with Gasteiger partial charge in [-0.25, -0.2) is 4.98 Å². The number of nitrogens with two attached hydrogens (primary N) is 1. The maximum atomic E-state index is 11.3. The van der Waals surface area contributed by atoms with Crippen LogP contribution in [0, 0.1) is 0 Å². The first kappa shape index (κ1) is 15.3. The maximum Gasteiger partial charge on any atom is 0.221 e. The Morgan fingerprint density at radius 3 is 2.78 bits per heavy atom. The van der Waals surface area contributed by atoms with Crippen LogP contribution in [0.25, 0.3) is 0 Å². The molecule has 0 atom stereocenters. The van der Waals surface area contributed by atoms with Crippen LogP contribution in [0.1, 0.15) is 24.0 Å². The summed E-state index contributed by atoms with van der Waals surface area (Å²) in [7, 11) is 0. The van der Waals surface area contributed by atoms with Gasteiger partial charge in [-0.2, -0.15) is 0 Å². The van der Waals surface area contributed by atoms with Gasteiger partial charge in [0.2, 0.25) is 5.91 Å². The highest BCUT2D eigenvalue weighted by atomic mass is 16.1. The zero-order valence-electron chi connectivity index (χ0n) is 13.0. The largest absolute Gasteiger partial charge is 0.369 e. The van der Waals surface area contributed by atoms with Crippen molar-refractivity contribution in [2.24, 2.45) is 5.73 Å². The topological polar surface area (TPSA) is 84.1 Å². The zero-order valence-corrected chi connectivity index (χ0v) is 13.0. The van der Waals surface area contributed by atoms with Crippen LogP contribution in [0.4, 0.5) is 11.6 Å². The van der Waals surface area contributed by atoms with Crippen molar-refractivity contribution in [2.45, 2.75) is 25.8 Å². The average molecular weight is 311 g/mol. The highest BCUT2D eigenvalue weighted by Crippen LogP contribution is 2.25. The van der Waals surface area contributed by atoms with E-state index in [2.05, 4.69) is 15.2 Å². The quantitative estimate of drug-likeness (QED) is 0.848. The lowest BCUT2D eigenvalue weighted by Crippen LogP contribution is -2.23. The highest BCUT2D eigenvalue weighted by Gasteiger charge is 2.18. The number of carbonyl (C=O) groups excluding carboxylic acids is 1. The first-order valence-corrected chi connectivity index (χ1v) is 7.88. The minimum atomic E-state index is -0.330. The molecular weight excluding hydrogens is 290 g/mol. The lowest BCUT2D eigenvalue weighted by atomic mass is 10.1. The number of nitrogens with zero attached hydrogens (tertiary/aromatic N) is 3. The molecule has 1 amide bonds. The number of nitrogens with one attached hydrogen (secondary N) is 1. The summed E-state index contributed by atoms with van der Waals surface area (Å²) in [5.74, 6) is 1.34. The smallest absolute Gasteiger partial charge is 0.221 e. The number of rotatable bonds is 6. The molecule has 0 radical (unpaired) electrons. The second kappa shape index (κ2) is 7.09. The van der Waals surface area contributed by atoms with Crippen molar-refractivity contribution >= 4 is 17.5 Å². The number of aromatic nitrogens is 2. The molecule has 0 unspecified atom stereocenters. The van der Waals surface area contributed by atoms with E-state index in [0.29, 0.717) is 6.54 Å². The molecule has 1 aliphatic heterocycles. The van der Waals surface area contributed by atoms with Crippen LogP contribution in [-0.2, 0) is 17.8 Å². The number of pyridine rings is 2. The molecule has 1 saturated heterocycles. The standard InChI is InChI=1S/C17H21N5O/c18-15(23)10-14-5-6-16(20-12-13-4-3-7-19-11-13)21-17(14)22-8-1-2-9-22/h3-7,11H,1-2,8-10,12H2,(H2,18,23)(H,20,21). The second-order valence-corrected chi connectivity index (χ2v) is 5.73. The SMILES string of the molecule is NC(=O)Cc1ccc(NCc2cccnc2)nc1N1CCCC1. The third-order valence-corrected chi connectivity index (χ3v) is 3.92. The molecule has 6 nitrogen and oxygen atoms in total. The van der Waals surface area contributed by atoms with Gasteiger partial charge in [-0.15, -0.1) is 0 Å². The van der Waals surface area contributed by atoms with Crippen LogP contribution in [-0.4, -0.2) is 29.0 Å². The highest BCUT2D eigenvalue weighted by molar-refractivity contribution is 5.78. The van der Waals surface area contributed by atoms with Gasteiger partial charge in [0.15, 0.2) is 0 Å². The van der Waals surface area contributed by atoms with Crippen LogP contribution in [0.5, 0.6) is 0 Å². The van der Waals surface area contributed by atoms with Gasteiger partial charge < -0.3 is 16.0 Å². The van der Waals surface area contributed by atoms with Crippen molar-refractivity contribution in [3.63, 3.8) is 0 Å². The fourth-order valence-corrected chi connectivity index (χ4v) is 2.80. The predicted molar refractivity (Wildman–Crippen MR) is 90.1 cm³/mol. The van der Waals surface area contributed by atoms with Gasteiger partial charge in [0.25, 0.3) is 0 Å². The first-order valence-electron chi connectivity index (χ1n) is 7.88.